The van der Waals surface area contributed by atoms with Gasteiger partial charge >= 0.3 is 0 Å². The summed E-state index contributed by atoms with van der Waals surface area (Å²) < 4.78 is 1.67. The predicted octanol–water partition coefficient (Wildman–Crippen LogP) is 0.156. The molecule has 7 nitrogen and oxygen atoms in total. The number of phenols is 2. The fourth-order valence-electron chi connectivity index (χ4n) is 1.43. The Morgan fingerprint density at radius 1 is 1.44 bits per heavy atom. The van der Waals surface area contributed by atoms with Crippen molar-refractivity contribution in [2.45, 2.75) is 6.54 Å². The molecule has 3 N–H and O–H groups in total. The Hall–Kier alpha value is -2.57. The number of nitrogens with zero attached hydrogens (tertiary/aromatic N) is 3. The molecule has 0 spiro atoms. The zero-order valence-electron chi connectivity index (χ0n) is 9.66. The van der Waals surface area contributed by atoms with E-state index in [4.69, 9.17) is 0 Å². The van der Waals surface area contributed by atoms with E-state index in [0.717, 1.165) is 0 Å². The Labute approximate surface area is 103 Å². The van der Waals surface area contributed by atoms with Gasteiger partial charge in [0.05, 0.1) is 12.1 Å². The van der Waals surface area contributed by atoms with Crippen LogP contribution in [0.2, 0.25) is 0 Å². The molecule has 1 aromatic heterocycles. The lowest BCUT2D eigenvalue weighted by Crippen LogP contribution is -2.24. The molecule has 0 bridgehead atoms. The van der Waals surface area contributed by atoms with Gasteiger partial charge in [-0.2, -0.15) is 0 Å². The Kier molecular flexibility index (Phi) is 3.13. The second-order valence-electron chi connectivity index (χ2n) is 3.74. The van der Waals surface area contributed by atoms with Crippen molar-refractivity contribution >= 4 is 5.91 Å². The van der Waals surface area contributed by atoms with Crippen LogP contribution in [0.15, 0.2) is 24.5 Å². The second-order valence-corrected chi connectivity index (χ2v) is 3.74. The van der Waals surface area contributed by atoms with Gasteiger partial charge in [-0.1, -0.05) is 0 Å². The zero-order valence-corrected chi connectivity index (χ0v) is 9.66. The molecule has 0 unspecified atom stereocenters. The molecule has 0 saturated heterocycles. The highest BCUT2D eigenvalue weighted by Crippen LogP contribution is 2.21. The van der Waals surface area contributed by atoms with Crippen LogP contribution in [0.1, 0.15) is 16.2 Å². The summed E-state index contributed by atoms with van der Waals surface area (Å²) in [5.74, 6) is -0.186. The number of nitrogens with one attached hydrogen (secondary N) is 1. The van der Waals surface area contributed by atoms with Crippen LogP contribution in [0.5, 0.6) is 11.5 Å². The number of aryl methyl sites for hydroxylation is 1. The van der Waals surface area contributed by atoms with Gasteiger partial charge < -0.3 is 20.1 Å². The lowest BCUT2D eigenvalue weighted by atomic mass is 10.2. The van der Waals surface area contributed by atoms with Gasteiger partial charge in [-0.05, 0) is 18.2 Å². The van der Waals surface area contributed by atoms with Crippen molar-refractivity contribution in [3.8, 4) is 11.5 Å². The van der Waals surface area contributed by atoms with Crippen molar-refractivity contribution in [1.29, 1.82) is 0 Å². The molecular weight excluding hydrogens is 236 g/mol. The molecular formula is C11H12N4O3. The van der Waals surface area contributed by atoms with Crippen molar-refractivity contribution in [2.75, 3.05) is 0 Å². The highest BCUT2D eigenvalue weighted by atomic mass is 16.3. The van der Waals surface area contributed by atoms with E-state index < -0.39 is 5.91 Å². The Bertz CT molecular complexity index is 579. The maximum absolute atomic E-state index is 11.8. The van der Waals surface area contributed by atoms with Crippen molar-refractivity contribution in [2.24, 2.45) is 7.05 Å². The second kappa shape index (κ2) is 4.74. The predicted molar refractivity (Wildman–Crippen MR) is 61.9 cm³/mol. The maximum atomic E-state index is 11.8. The fourth-order valence-corrected chi connectivity index (χ4v) is 1.43. The molecule has 1 aromatic carbocycles. The van der Waals surface area contributed by atoms with E-state index in [9.17, 15) is 15.0 Å². The maximum Gasteiger partial charge on any atom is 0.255 e. The summed E-state index contributed by atoms with van der Waals surface area (Å²) in [5, 5.41) is 28.8. The molecule has 1 heterocycles. The first kappa shape index (κ1) is 11.9. The lowest BCUT2D eigenvalue weighted by Gasteiger charge is -2.06. The third kappa shape index (κ3) is 2.40. The highest BCUT2D eigenvalue weighted by molar-refractivity contribution is 5.97. The number of aromatic hydroxyl groups is 2. The van der Waals surface area contributed by atoms with Crippen molar-refractivity contribution in [3.63, 3.8) is 0 Å². The molecule has 0 fully saturated rings. The highest BCUT2D eigenvalue weighted by Gasteiger charge is 2.12. The molecule has 2 rings (SSSR count). The van der Waals surface area contributed by atoms with Crippen LogP contribution in [0.3, 0.4) is 0 Å². The molecule has 0 aliphatic heterocycles. The standard InChI is InChI=1S/C11H12N4O3/c1-15-6-13-14-10(15)5-12-11(18)8-4-7(16)2-3-9(8)17/h2-4,6,16-17H,5H2,1H3,(H,12,18). The quantitative estimate of drug-likeness (QED) is 0.672. The van der Waals surface area contributed by atoms with E-state index in [1.807, 2.05) is 0 Å². The van der Waals surface area contributed by atoms with Crippen molar-refractivity contribution < 1.29 is 15.0 Å². The first-order chi connectivity index (χ1) is 8.58. The molecule has 0 atom stereocenters. The fraction of sp³-hybridized carbons (Fsp3) is 0.182. The van der Waals surface area contributed by atoms with Gasteiger partial charge in [0, 0.05) is 7.05 Å². The molecule has 0 aliphatic rings. The number of hydrogen-bond donors (Lipinski definition) is 3. The molecule has 0 aliphatic carbocycles. The largest absolute Gasteiger partial charge is 0.508 e. The zero-order chi connectivity index (χ0) is 13.1. The summed E-state index contributed by atoms with van der Waals surface area (Å²) in [6.45, 7) is 0.185. The van der Waals surface area contributed by atoms with E-state index in [0.29, 0.717) is 5.82 Å². The number of carbonyl (C=O) groups excluding carboxylic acids is 1. The average molecular weight is 248 g/mol. The molecule has 94 valence electrons. The Balaban J connectivity index is 2.08. The average Bonchev–Trinajstić information content (AvgIpc) is 2.75. The topological polar surface area (TPSA) is 100 Å². The van der Waals surface area contributed by atoms with Crippen molar-refractivity contribution in [1.82, 2.24) is 20.1 Å². The monoisotopic (exact) mass is 248 g/mol. The number of amides is 1. The Morgan fingerprint density at radius 2 is 2.22 bits per heavy atom. The van der Waals surface area contributed by atoms with E-state index in [-0.39, 0.29) is 23.6 Å². The first-order valence-corrected chi connectivity index (χ1v) is 5.21. The van der Waals surface area contributed by atoms with Crippen LogP contribution >= 0.6 is 0 Å². The van der Waals surface area contributed by atoms with Gasteiger partial charge in [0.1, 0.15) is 17.8 Å². The number of phenolic OH excluding ortho intramolecular Hbond substituents is 2. The molecule has 18 heavy (non-hydrogen) atoms. The van der Waals surface area contributed by atoms with Crippen LogP contribution in [-0.4, -0.2) is 30.9 Å². The summed E-state index contributed by atoms with van der Waals surface area (Å²) in [4.78, 5) is 11.8. The summed E-state index contributed by atoms with van der Waals surface area (Å²) in [5.41, 5.74) is 0.0113. The van der Waals surface area contributed by atoms with Gasteiger partial charge in [0.2, 0.25) is 0 Å². The van der Waals surface area contributed by atoms with Crippen LogP contribution in [-0.2, 0) is 13.6 Å². The smallest absolute Gasteiger partial charge is 0.255 e. The van der Waals surface area contributed by atoms with Gasteiger partial charge in [-0.3, -0.25) is 4.79 Å². The van der Waals surface area contributed by atoms with Crippen LogP contribution in [0.4, 0.5) is 0 Å². The minimum Gasteiger partial charge on any atom is -0.508 e. The van der Waals surface area contributed by atoms with Crippen molar-refractivity contribution in [3.05, 3.63) is 35.9 Å². The van der Waals surface area contributed by atoms with Crippen LogP contribution in [0.25, 0.3) is 0 Å². The van der Waals surface area contributed by atoms with E-state index in [1.165, 1.54) is 24.5 Å². The summed E-state index contributed by atoms with van der Waals surface area (Å²) in [6.07, 6.45) is 1.52. The van der Waals surface area contributed by atoms with E-state index >= 15 is 0 Å². The molecule has 0 radical (unpaired) electrons. The number of aromatic nitrogens is 3. The first-order valence-electron chi connectivity index (χ1n) is 5.21. The summed E-state index contributed by atoms with van der Waals surface area (Å²) in [6, 6.07) is 3.75. The summed E-state index contributed by atoms with van der Waals surface area (Å²) in [7, 11) is 1.76. The minimum absolute atomic E-state index is 0.0113. The SMILES string of the molecule is Cn1cnnc1CNC(=O)c1cc(O)ccc1O. The molecule has 1 amide bonds. The van der Waals surface area contributed by atoms with Gasteiger partial charge in [-0.15, -0.1) is 10.2 Å². The van der Waals surface area contributed by atoms with Crippen LogP contribution < -0.4 is 5.32 Å². The number of carbonyl (C=O) groups is 1. The van der Waals surface area contributed by atoms with Crippen LogP contribution in [0, 0.1) is 0 Å². The van der Waals surface area contributed by atoms with Gasteiger partial charge in [-0.25, -0.2) is 0 Å². The van der Waals surface area contributed by atoms with E-state index in [2.05, 4.69) is 15.5 Å². The number of hydrogen-bond acceptors (Lipinski definition) is 5. The van der Waals surface area contributed by atoms with E-state index in [1.54, 1.807) is 11.6 Å². The minimum atomic E-state index is -0.494. The normalized spacial score (nSPS) is 10.3. The molecule has 7 heteroatoms. The number of rotatable bonds is 3. The third-order valence-corrected chi connectivity index (χ3v) is 2.44. The summed E-state index contributed by atoms with van der Waals surface area (Å²) >= 11 is 0. The molecule has 2 aromatic rings. The third-order valence-electron chi connectivity index (χ3n) is 2.44. The van der Waals surface area contributed by atoms with Gasteiger partial charge in [0.25, 0.3) is 5.91 Å². The molecule has 0 saturated carbocycles. The lowest BCUT2D eigenvalue weighted by molar-refractivity contribution is 0.0946. The van der Waals surface area contributed by atoms with Gasteiger partial charge in [0.15, 0.2) is 5.82 Å². The Morgan fingerprint density at radius 3 is 2.89 bits per heavy atom. The number of benzene rings is 1.